The van der Waals surface area contributed by atoms with Crippen molar-refractivity contribution in [1.82, 2.24) is 4.90 Å². The minimum Gasteiger partial charge on any atom is -0.325 e. The fourth-order valence-electron chi connectivity index (χ4n) is 2.56. The highest BCUT2D eigenvalue weighted by molar-refractivity contribution is 9.10. The van der Waals surface area contributed by atoms with Gasteiger partial charge in [0.2, 0.25) is 11.8 Å². The molecule has 0 radical (unpaired) electrons. The first-order chi connectivity index (χ1) is 12.8. The number of nitrogens with one attached hydrogen (secondary N) is 2. The molecule has 7 heteroatoms. The highest BCUT2D eigenvalue weighted by Gasteiger charge is 2.15. The first-order valence-electron chi connectivity index (χ1n) is 8.63. The molecule has 0 bridgehead atoms. The molecule has 0 unspecified atom stereocenters. The van der Waals surface area contributed by atoms with Crippen LogP contribution in [0, 0.1) is 13.8 Å². The van der Waals surface area contributed by atoms with Gasteiger partial charge in [-0.05, 0) is 61.9 Å². The summed E-state index contributed by atoms with van der Waals surface area (Å²) in [5.41, 5.74) is 3.34. The molecule has 0 aliphatic carbocycles. The Morgan fingerprint density at radius 1 is 0.963 bits per heavy atom. The van der Waals surface area contributed by atoms with Gasteiger partial charge in [-0.25, -0.2) is 0 Å². The van der Waals surface area contributed by atoms with Crippen molar-refractivity contribution >= 4 is 50.7 Å². The Balaban J connectivity index is 1.93. The van der Waals surface area contributed by atoms with E-state index in [0.29, 0.717) is 17.3 Å². The van der Waals surface area contributed by atoms with E-state index in [1.54, 1.807) is 17.0 Å². The fourth-order valence-corrected chi connectivity index (χ4v) is 3.21. The van der Waals surface area contributed by atoms with Crippen molar-refractivity contribution in [2.75, 3.05) is 30.3 Å². The third-order valence-corrected chi connectivity index (χ3v) is 4.85. The van der Waals surface area contributed by atoms with Crippen LogP contribution in [0.1, 0.15) is 18.1 Å². The maximum atomic E-state index is 12.3. The van der Waals surface area contributed by atoms with Gasteiger partial charge in [-0.2, -0.15) is 0 Å². The number of rotatable bonds is 7. The van der Waals surface area contributed by atoms with Crippen molar-refractivity contribution < 1.29 is 9.59 Å². The topological polar surface area (TPSA) is 61.4 Å². The summed E-state index contributed by atoms with van der Waals surface area (Å²) in [5, 5.41) is 6.31. The Hall–Kier alpha value is -1.89. The second-order valence-corrected chi connectivity index (χ2v) is 7.67. The first-order valence-corrected chi connectivity index (χ1v) is 9.80. The van der Waals surface area contributed by atoms with Gasteiger partial charge >= 0.3 is 0 Å². The molecular formula is C20H23BrClN3O2. The molecule has 0 heterocycles. The van der Waals surface area contributed by atoms with Gasteiger partial charge in [0, 0.05) is 20.9 Å². The summed E-state index contributed by atoms with van der Waals surface area (Å²) in [6.07, 6.45) is 0. The molecule has 144 valence electrons. The van der Waals surface area contributed by atoms with Crippen LogP contribution in [0.4, 0.5) is 11.4 Å². The Morgan fingerprint density at radius 2 is 1.59 bits per heavy atom. The lowest BCUT2D eigenvalue weighted by atomic mass is 10.2. The number of anilines is 2. The largest absolute Gasteiger partial charge is 0.325 e. The van der Waals surface area contributed by atoms with Crippen molar-refractivity contribution in [1.29, 1.82) is 0 Å². The van der Waals surface area contributed by atoms with Gasteiger partial charge in [0.25, 0.3) is 0 Å². The number of nitrogens with zero attached hydrogens (tertiary/aromatic N) is 1. The number of hydrogen-bond donors (Lipinski definition) is 2. The van der Waals surface area contributed by atoms with Crippen molar-refractivity contribution in [2.24, 2.45) is 0 Å². The quantitative estimate of drug-likeness (QED) is 0.644. The Morgan fingerprint density at radius 3 is 2.19 bits per heavy atom. The molecule has 2 amide bonds. The minimum absolute atomic E-state index is 0.120. The normalized spacial score (nSPS) is 10.7. The second-order valence-electron chi connectivity index (χ2n) is 6.32. The van der Waals surface area contributed by atoms with E-state index in [1.165, 1.54) is 0 Å². The van der Waals surface area contributed by atoms with Gasteiger partial charge < -0.3 is 10.6 Å². The summed E-state index contributed by atoms with van der Waals surface area (Å²) in [5.74, 6) is -0.344. The molecule has 2 aromatic rings. The minimum atomic E-state index is -0.185. The zero-order chi connectivity index (χ0) is 20.0. The van der Waals surface area contributed by atoms with E-state index in [0.717, 1.165) is 21.3 Å². The molecule has 27 heavy (non-hydrogen) atoms. The number of halogens is 2. The van der Waals surface area contributed by atoms with E-state index in [4.69, 9.17) is 11.6 Å². The standard InChI is InChI=1S/C20H23BrClN3O2/c1-4-25(11-19(26)23-17-8-6-15(21)9-14(17)3)12-20(27)24-18-10-16(22)7-5-13(18)2/h5-10H,4,11-12H2,1-3H3,(H,23,26)(H,24,27). The van der Waals surface area contributed by atoms with Crippen LogP contribution in [-0.2, 0) is 9.59 Å². The highest BCUT2D eigenvalue weighted by atomic mass is 79.9. The van der Waals surface area contributed by atoms with Gasteiger partial charge in [0.15, 0.2) is 0 Å². The van der Waals surface area contributed by atoms with Gasteiger partial charge in [-0.3, -0.25) is 14.5 Å². The van der Waals surface area contributed by atoms with Crippen LogP contribution >= 0.6 is 27.5 Å². The van der Waals surface area contributed by atoms with E-state index in [1.807, 2.05) is 45.0 Å². The van der Waals surface area contributed by atoms with Crippen LogP contribution in [0.2, 0.25) is 5.02 Å². The Bertz CT molecular complexity index is 842. The second kappa shape index (κ2) is 9.88. The molecule has 2 N–H and O–H groups in total. The number of likely N-dealkylation sites (N-methyl/N-ethyl adjacent to an activating group) is 1. The molecule has 5 nitrogen and oxygen atoms in total. The number of carbonyl (C=O) groups is 2. The van der Waals surface area contributed by atoms with Gasteiger partial charge in [-0.15, -0.1) is 0 Å². The lowest BCUT2D eigenvalue weighted by molar-refractivity contribution is -0.119. The van der Waals surface area contributed by atoms with E-state index in [9.17, 15) is 9.59 Å². The number of amides is 2. The first kappa shape index (κ1) is 21.4. The lowest BCUT2D eigenvalue weighted by Crippen LogP contribution is -2.38. The van der Waals surface area contributed by atoms with Gasteiger partial charge in [0.1, 0.15) is 0 Å². The molecule has 0 spiro atoms. The third kappa shape index (κ3) is 6.65. The number of aryl methyl sites for hydroxylation is 2. The molecular weight excluding hydrogens is 430 g/mol. The van der Waals surface area contributed by atoms with Crippen LogP contribution in [0.5, 0.6) is 0 Å². The average Bonchev–Trinajstić information content (AvgIpc) is 2.60. The van der Waals surface area contributed by atoms with Crippen LogP contribution < -0.4 is 10.6 Å². The summed E-state index contributed by atoms with van der Waals surface area (Å²) in [4.78, 5) is 26.5. The summed E-state index contributed by atoms with van der Waals surface area (Å²) < 4.78 is 0.959. The summed E-state index contributed by atoms with van der Waals surface area (Å²) in [7, 11) is 0. The van der Waals surface area contributed by atoms with E-state index >= 15 is 0 Å². The monoisotopic (exact) mass is 451 g/mol. The molecule has 0 atom stereocenters. The Labute approximate surface area is 173 Å². The summed E-state index contributed by atoms with van der Waals surface area (Å²) >= 11 is 9.39. The molecule has 0 aliphatic rings. The SMILES string of the molecule is CCN(CC(=O)Nc1ccc(Br)cc1C)CC(=O)Nc1cc(Cl)ccc1C. The van der Waals surface area contributed by atoms with Gasteiger partial charge in [-0.1, -0.05) is 40.5 Å². The van der Waals surface area contributed by atoms with E-state index < -0.39 is 0 Å². The molecule has 2 aromatic carbocycles. The van der Waals surface area contributed by atoms with Crippen molar-refractivity contribution in [2.45, 2.75) is 20.8 Å². The molecule has 0 aliphatic heterocycles. The summed E-state index contributed by atoms with van der Waals surface area (Å²) in [6.45, 7) is 6.57. The molecule has 2 rings (SSSR count). The zero-order valence-electron chi connectivity index (χ0n) is 15.6. The van der Waals surface area contributed by atoms with E-state index in [-0.39, 0.29) is 24.9 Å². The summed E-state index contributed by atoms with van der Waals surface area (Å²) in [6, 6.07) is 11.0. The van der Waals surface area contributed by atoms with Gasteiger partial charge in [0.05, 0.1) is 13.1 Å². The lowest BCUT2D eigenvalue weighted by Gasteiger charge is -2.20. The van der Waals surface area contributed by atoms with Crippen LogP contribution in [0.15, 0.2) is 40.9 Å². The van der Waals surface area contributed by atoms with Crippen molar-refractivity contribution in [3.63, 3.8) is 0 Å². The maximum Gasteiger partial charge on any atom is 0.238 e. The third-order valence-electron chi connectivity index (χ3n) is 4.12. The van der Waals surface area contributed by atoms with Crippen molar-refractivity contribution in [3.8, 4) is 0 Å². The predicted octanol–water partition coefficient (Wildman–Crippen LogP) is 4.62. The Kier molecular flexibility index (Phi) is 7.83. The van der Waals surface area contributed by atoms with Crippen LogP contribution in [-0.4, -0.2) is 36.3 Å². The zero-order valence-corrected chi connectivity index (χ0v) is 17.9. The van der Waals surface area contributed by atoms with Crippen LogP contribution in [0.3, 0.4) is 0 Å². The smallest absolute Gasteiger partial charge is 0.238 e. The maximum absolute atomic E-state index is 12.3. The molecule has 0 saturated carbocycles. The number of benzene rings is 2. The van der Waals surface area contributed by atoms with Crippen molar-refractivity contribution in [3.05, 3.63) is 57.0 Å². The number of carbonyl (C=O) groups excluding carboxylic acids is 2. The number of hydrogen-bond acceptors (Lipinski definition) is 3. The molecule has 0 aromatic heterocycles. The van der Waals surface area contributed by atoms with E-state index in [2.05, 4.69) is 26.6 Å². The van der Waals surface area contributed by atoms with Crippen LogP contribution in [0.25, 0.3) is 0 Å². The predicted molar refractivity (Wildman–Crippen MR) is 114 cm³/mol. The molecule has 0 fully saturated rings. The molecule has 0 saturated heterocycles. The average molecular weight is 453 g/mol. The highest BCUT2D eigenvalue weighted by Crippen LogP contribution is 2.21. The fraction of sp³-hybridized carbons (Fsp3) is 0.300.